The zero-order valence-electron chi connectivity index (χ0n) is 43.4. The second-order valence-corrected chi connectivity index (χ2v) is 10.4. The maximum absolute atomic E-state index is 7.50. The molecule has 24 heteroatoms. The molecule has 0 atom stereocenters. The standard InChI is InChI=1S/4C8H20N.12CO.4Cr.4H2O/c4*1-5-9(6-2,7-3)8-4;12*1-2;;;;;;;;/h4*5-8H2,1-4H3;;;;;;;;;;;;;;;;;4*1H2/q4*+1;;;;;;;;;;;;;;;;;;;;/p-4. The number of quaternary nitrogens is 4. The Balaban J connectivity index is -0.0000000145. The van der Waals surface area contributed by atoms with E-state index in [1.165, 1.54) is 123 Å². The third-order valence-corrected chi connectivity index (χ3v) is 10.7. The fraction of sp³-hybridized carbons (Fsp3) is 0.727. The Morgan fingerprint density at radius 3 is 0.191 bits per heavy atom. The Hall–Kier alpha value is -1.31. The van der Waals surface area contributed by atoms with E-state index >= 15 is 0 Å². The molecule has 4 N–H and O–H groups in total. The van der Waals surface area contributed by atoms with Gasteiger partial charge in [0.15, 0.2) is 0 Å². The van der Waals surface area contributed by atoms with Crippen LogP contribution in [-0.4, -0.2) is 145 Å². The van der Waals surface area contributed by atoms with Crippen molar-refractivity contribution in [1.82, 2.24) is 0 Å². The summed E-state index contributed by atoms with van der Waals surface area (Å²) in [7, 11) is 0. The van der Waals surface area contributed by atoms with Crippen LogP contribution in [0.4, 0.5) is 0 Å². The van der Waals surface area contributed by atoms with Gasteiger partial charge in [-0.15, -0.1) is 0 Å². The van der Waals surface area contributed by atoms with Crippen LogP contribution < -0.4 is 0 Å². The molecule has 0 bridgehead atoms. The Morgan fingerprint density at radius 2 is 0.191 bits per heavy atom. The Labute approximate surface area is 457 Å². The smallest absolute Gasteiger partial charge is 0 e. The minimum atomic E-state index is 0. The molecule has 400 valence electrons. The molecule has 0 aliphatic rings. The summed E-state index contributed by atoms with van der Waals surface area (Å²) in [5.41, 5.74) is 0. The van der Waals surface area contributed by atoms with Gasteiger partial charge in [0.2, 0.25) is 0 Å². The third kappa shape index (κ3) is 120. The van der Waals surface area contributed by atoms with Crippen molar-refractivity contribution in [2.24, 2.45) is 0 Å². The van der Waals surface area contributed by atoms with Crippen LogP contribution in [0.15, 0.2) is 0 Å². The monoisotopic (exact) mass is 1130 g/mol. The summed E-state index contributed by atoms with van der Waals surface area (Å²) in [6.45, 7) is 111. The topological polar surface area (TPSA) is 359 Å². The molecule has 0 spiro atoms. The van der Waals surface area contributed by atoms with Crippen LogP contribution >= 0.6 is 0 Å². The Bertz CT molecular complexity index is 683. The molecule has 0 aromatic rings. The first-order chi connectivity index (χ1) is 29.0. The summed E-state index contributed by atoms with van der Waals surface area (Å²) in [5, 5.41) is 0. The van der Waals surface area contributed by atoms with E-state index in [0.29, 0.717) is 0 Å². The molecule has 0 aliphatic carbocycles. The van der Waals surface area contributed by atoms with E-state index in [2.05, 4.69) is 191 Å². The van der Waals surface area contributed by atoms with E-state index in [-0.39, 0.29) is 91.3 Å². The van der Waals surface area contributed by atoms with Crippen molar-refractivity contribution in [2.75, 3.05) is 105 Å². The van der Waals surface area contributed by atoms with Crippen molar-refractivity contribution in [3.05, 3.63) is 79.8 Å². The summed E-state index contributed by atoms with van der Waals surface area (Å²) in [6.07, 6.45) is 0. The SMILES string of the molecule is CC[N+](CC)(CC)CC.CC[N+](CC)(CC)CC.CC[N+](CC)(CC)CC.CC[N+](CC)(CC)CC.[C-]#[O+].[C-]#[O+].[C-]#[O+].[C-]#[O+].[C-]#[O+].[C-]#[O+].[C-]#[O+].[C-]#[O+].[C-]#[O+].[C-]#[O+].[C-]#[O+].[C-]#[O+].[Cr].[Cr].[Cr].[Cr].[OH-].[OH-].[OH-].[OH-]. The Kier molecular flexibility index (Phi) is 426. The molecule has 0 aromatic carbocycles. The van der Waals surface area contributed by atoms with Gasteiger partial charge in [0.05, 0.1) is 105 Å². The third-order valence-electron chi connectivity index (χ3n) is 10.7. The van der Waals surface area contributed by atoms with E-state index in [9.17, 15) is 0 Å². The van der Waals surface area contributed by atoms with E-state index in [4.69, 9.17) is 55.8 Å². The van der Waals surface area contributed by atoms with Gasteiger partial charge in [-0.2, -0.15) is 0 Å². The van der Waals surface area contributed by atoms with Crippen LogP contribution in [0.5, 0.6) is 0 Å². The number of hydrogen-bond acceptors (Lipinski definition) is 4. The second kappa shape index (κ2) is 184. The van der Waals surface area contributed by atoms with Crippen LogP contribution in [0.1, 0.15) is 111 Å². The van der Waals surface area contributed by atoms with Gasteiger partial charge in [0, 0.05) is 69.4 Å². The first-order valence-electron chi connectivity index (χ1n) is 18.8. The Morgan fingerprint density at radius 1 is 0.162 bits per heavy atom. The van der Waals surface area contributed by atoms with E-state index < -0.39 is 0 Å². The van der Waals surface area contributed by atoms with Gasteiger partial charge >= 0.3 is 136 Å². The molecular formula is C44H84Cr4N4O16. The molecule has 0 radical (unpaired) electrons. The molecular weight excluding hydrogens is 1050 g/mol. The van der Waals surface area contributed by atoms with Gasteiger partial charge < -0.3 is 39.8 Å². The summed E-state index contributed by atoms with van der Waals surface area (Å²) >= 11 is 0. The average Bonchev–Trinajstić information content (AvgIpc) is 3.40. The van der Waals surface area contributed by atoms with Gasteiger partial charge in [-0.3, -0.25) is 0 Å². The first kappa shape index (κ1) is 158. The molecule has 68 heavy (non-hydrogen) atoms. The van der Waals surface area contributed by atoms with Crippen molar-refractivity contribution >= 4 is 0 Å². The van der Waals surface area contributed by atoms with Gasteiger partial charge in [-0.25, -0.2) is 0 Å². The number of hydrogen-bond donors (Lipinski definition) is 0. The molecule has 0 unspecified atom stereocenters. The zero-order chi connectivity index (χ0) is 53.3. The maximum Gasteiger partial charge on any atom is 0 e. The van der Waals surface area contributed by atoms with Crippen molar-refractivity contribution in [3.8, 4) is 0 Å². The molecule has 0 rings (SSSR count). The van der Waals surface area contributed by atoms with Crippen LogP contribution in [0.2, 0.25) is 0 Å². The summed E-state index contributed by atoms with van der Waals surface area (Å²) in [6, 6.07) is 0. The van der Waals surface area contributed by atoms with E-state index in [1.807, 2.05) is 0 Å². The number of nitrogens with zero attached hydrogens (tertiary/aromatic N) is 4. The van der Waals surface area contributed by atoms with Crippen molar-refractivity contribution in [1.29, 1.82) is 0 Å². The second-order valence-electron chi connectivity index (χ2n) is 10.4. The first-order valence-corrected chi connectivity index (χ1v) is 18.8. The van der Waals surface area contributed by atoms with Gasteiger partial charge in [0.25, 0.3) is 0 Å². The molecule has 0 saturated heterocycles. The maximum atomic E-state index is 7.50. The van der Waals surface area contributed by atoms with Crippen LogP contribution in [0.3, 0.4) is 0 Å². The van der Waals surface area contributed by atoms with E-state index in [0.717, 1.165) is 0 Å². The zero-order valence-corrected chi connectivity index (χ0v) is 48.5. The summed E-state index contributed by atoms with van der Waals surface area (Å²) in [4.78, 5) is 0. The van der Waals surface area contributed by atoms with Crippen molar-refractivity contribution < 1.29 is 165 Å². The van der Waals surface area contributed by atoms with Gasteiger partial charge in [-0.1, -0.05) is 0 Å². The fourth-order valence-electron chi connectivity index (χ4n) is 5.37. The van der Waals surface area contributed by atoms with Crippen molar-refractivity contribution in [3.63, 3.8) is 0 Å². The molecule has 0 heterocycles. The molecule has 0 aliphatic heterocycles. The average molecular weight is 1130 g/mol. The van der Waals surface area contributed by atoms with Crippen LogP contribution in [0.25, 0.3) is 0 Å². The van der Waals surface area contributed by atoms with Gasteiger partial charge in [-0.05, 0) is 111 Å². The summed E-state index contributed by atoms with van der Waals surface area (Å²) in [5.74, 6) is 0. The molecule has 20 nitrogen and oxygen atoms in total. The molecule has 0 aromatic heterocycles. The molecule has 0 amide bonds. The predicted octanol–water partition coefficient (Wildman–Crippen LogP) is 6.36. The minimum Gasteiger partial charge on any atom is -0.870 e. The van der Waals surface area contributed by atoms with E-state index in [1.54, 1.807) is 0 Å². The minimum absolute atomic E-state index is 0. The fourth-order valence-corrected chi connectivity index (χ4v) is 5.37. The largest absolute Gasteiger partial charge is 0.870 e. The van der Waals surface area contributed by atoms with Crippen LogP contribution in [-0.2, 0) is 125 Å². The normalized spacial score (nSPS) is 6.71. The summed E-state index contributed by atoms with van der Waals surface area (Å²) < 4.78 is 95.1. The number of rotatable bonds is 16. The van der Waals surface area contributed by atoms with Crippen LogP contribution in [0, 0.1) is 79.8 Å². The molecule has 0 saturated carbocycles. The molecule has 0 fully saturated rings. The van der Waals surface area contributed by atoms with Crippen molar-refractivity contribution in [2.45, 2.75) is 111 Å². The quantitative estimate of drug-likeness (QED) is 0.0966. The predicted molar refractivity (Wildman–Crippen MR) is 225 cm³/mol. The van der Waals surface area contributed by atoms with Gasteiger partial charge in [0.1, 0.15) is 0 Å².